The average molecular weight is 221 g/mol. The van der Waals surface area contributed by atoms with Gasteiger partial charge in [-0.05, 0) is 25.0 Å². The minimum atomic E-state index is 0.204. The third-order valence-electron chi connectivity index (χ3n) is 2.44. The van der Waals surface area contributed by atoms with Gasteiger partial charge in [-0.3, -0.25) is 9.78 Å². The standard InChI is InChI=1S/C11H13NO2.C2H6/c13-9-1-3-10(4-2-9)14-11-5-7-12-8-6-11;1-2/h5-8,10H,1-4H2;1-2H3. The molecule has 1 fully saturated rings. The van der Waals surface area contributed by atoms with Crippen molar-refractivity contribution in [1.29, 1.82) is 0 Å². The molecule has 1 aliphatic rings. The summed E-state index contributed by atoms with van der Waals surface area (Å²) in [6.07, 6.45) is 6.65. The Bertz CT molecular complexity index is 301. The summed E-state index contributed by atoms with van der Waals surface area (Å²) in [5.74, 6) is 1.21. The fourth-order valence-electron chi connectivity index (χ4n) is 1.64. The highest BCUT2D eigenvalue weighted by Crippen LogP contribution is 2.20. The summed E-state index contributed by atoms with van der Waals surface area (Å²) in [7, 11) is 0. The molecule has 0 radical (unpaired) electrons. The topological polar surface area (TPSA) is 39.2 Å². The molecule has 0 saturated heterocycles. The van der Waals surface area contributed by atoms with E-state index in [1.54, 1.807) is 12.4 Å². The number of nitrogens with zero attached hydrogens (tertiary/aromatic N) is 1. The van der Waals surface area contributed by atoms with Crippen molar-refractivity contribution in [3.63, 3.8) is 0 Å². The molecule has 1 heterocycles. The molecule has 16 heavy (non-hydrogen) atoms. The number of hydrogen-bond donors (Lipinski definition) is 0. The Morgan fingerprint density at radius 3 is 2.31 bits per heavy atom. The fraction of sp³-hybridized carbons (Fsp3) is 0.538. The Balaban J connectivity index is 0.000000606. The molecule has 1 aromatic heterocycles. The van der Waals surface area contributed by atoms with Gasteiger partial charge in [-0.15, -0.1) is 0 Å². The lowest BCUT2D eigenvalue weighted by atomic mass is 9.96. The first-order valence-electron chi connectivity index (χ1n) is 5.93. The second kappa shape index (κ2) is 6.99. The lowest BCUT2D eigenvalue weighted by molar-refractivity contribution is -0.121. The molecule has 1 aromatic rings. The monoisotopic (exact) mass is 221 g/mol. The van der Waals surface area contributed by atoms with Gasteiger partial charge in [0.2, 0.25) is 0 Å². The molecule has 0 bridgehead atoms. The second-order valence-electron chi connectivity index (χ2n) is 3.54. The van der Waals surface area contributed by atoms with Gasteiger partial charge >= 0.3 is 0 Å². The maximum atomic E-state index is 11.0. The van der Waals surface area contributed by atoms with Crippen molar-refractivity contribution in [2.45, 2.75) is 45.6 Å². The molecule has 1 saturated carbocycles. The van der Waals surface area contributed by atoms with Crippen LogP contribution in [0.1, 0.15) is 39.5 Å². The van der Waals surface area contributed by atoms with E-state index in [1.807, 2.05) is 26.0 Å². The maximum Gasteiger partial charge on any atom is 0.133 e. The molecule has 0 N–H and O–H groups in total. The Kier molecular flexibility index (Phi) is 5.54. The van der Waals surface area contributed by atoms with E-state index in [2.05, 4.69) is 4.98 Å². The van der Waals surface area contributed by atoms with Crippen molar-refractivity contribution >= 4 is 5.78 Å². The van der Waals surface area contributed by atoms with Crippen LogP contribution in [0.25, 0.3) is 0 Å². The van der Waals surface area contributed by atoms with Crippen LogP contribution in [0.2, 0.25) is 0 Å². The first-order chi connectivity index (χ1) is 7.84. The first-order valence-corrected chi connectivity index (χ1v) is 5.93. The second-order valence-corrected chi connectivity index (χ2v) is 3.54. The van der Waals surface area contributed by atoms with Crippen molar-refractivity contribution in [3.8, 4) is 5.75 Å². The highest BCUT2D eigenvalue weighted by molar-refractivity contribution is 5.79. The van der Waals surface area contributed by atoms with Crippen LogP contribution in [-0.2, 0) is 4.79 Å². The number of ether oxygens (including phenoxy) is 1. The Morgan fingerprint density at radius 1 is 1.19 bits per heavy atom. The van der Waals surface area contributed by atoms with Gasteiger partial charge in [-0.1, -0.05) is 13.8 Å². The molecule has 3 nitrogen and oxygen atoms in total. The normalized spacial score (nSPS) is 16.2. The summed E-state index contributed by atoms with van der Waals surface area (Å²) in [6.45, 7) is 4.00. The predicted molar refractivity (Wildman–Crippen MR) is 63.5 cm³/mol. The average Bonchev–Trinajstić information content (AvgIpc) is 2.36. The highest BCUT2D eigenvalue weighted by Gasteiger charge is 2.19. The van der Waals surface area contributed by atoms with E-state index < -0.39 is 0 Å². The van der Waals surface area contributed by atoms with Gasteiger partial charge < -0.3 is 4.74 Å². The third kappa shape index (κ3) is 4.01. The van der Waals surface area contributed by atoms with E-state index in [0.717, 1.165) is 18.6 Å². The lowest BCUT2D eigenvalue weighted by Gasteiger charge is -2.22. The van der Waals surface area contributed by atoms with Crippen LogP contribution in [0.4, 0.5) is 0 Å². The van der Waals surface area contributed by atoms with Crippen molar-refractivity contribution in [1.82, 2.24) is 4.98 Å². The largest absolute Gasteiger partial charge is 0.490 e. The van der Waals surface area contributed by atoms with Gasteiger partial charge in [0.05, 0.1) is 6.10 Å². The van der Waals surface area contributed by atoms with Crippen LogP contribution in [0.3, 0.4) is 0 Å². The van der Waals surface area contributed by atoms with Gasteiger partial charge in [0.15, 0.2) is 0 Å². The van der Waals surface area contributed by atoms with Crippen LogP contribution in [0.5, 0.6) is 5.75 Å². The molecule has 0 unspecified atom stereocenters. The smallest absolute Gasteiger partial charge is 0.133 e. The zero-order chi connectivity index (χ0) is 11.8. The quantitative estimate of drug-likeness (QED) is 0.770. The lowest BCUT2D eigenvalue weighted by Crippen LogP contribution is -2.23. The van der Waals surface area contributed by atoms with Gasteiger partial charge in [0.25, 0.3) is 0 Å². The van der Waals surface area contributed by atoms with Gasteiger partial charge in [-0.2, -0.15) is 0 Å². The van der Waals surface area contributed by atoms with Gasteiger partial charge in [-0.25, -0.2) is 0 Å². The van der Waals surface area contributed by atoms with Crippen molar-refractivity contribution in [2.75, 3.05) is 0 Å². The number of aromatic nitrogens is 1. The number of carbonyl (C=O) groups is 1. The number of Topliss-reactive ketones (excluding diaryl/α,β-unsaturated/α-hetero) is 1. The molecule has 88 valence electrons. The zero-order valence-corrected chi connectivity index (χ0v) is 9.98. The zero-order valence-electron chi connectivity index (χ0n) is 9.98. The summed E-state index contributed by atoms with van der Waals surface area (Å²) < 4.78 is 5.71. The summed E-state index contributed by atoms with van der Waals surface area (Å²) >= 11 is 0. The van der Waals surface area contributed by atoms with Crippen LogP contribution in [0, 0.1) is 0 Å². The third-order valence-corrected chi connectivity index (χ3v) is 2.44. The summed E-state index contributed by atoms with van der Waals surface area (Å²) in [5, 5.41) is 0. The number of ketones is 1. The minimum absolute atomic E-state index is 0.204. The molecule has 0 atom stereocenters. The summed E-state index contributed by atoms with van der Waals surface area (Å²) in [4.78, 5) is 14.9. The van der Waals surface area contributed by atoms with Crippen LogP contribution < -0.4 is 4.74 Å². The highest BCUT2D eigenvalue weighted by atomic mass is 16.5. The van der Waals surface area contributed by atoms with E-state index >= 15 is 0 Å². The Hall–Kier alpha value is -1.38. The van der Waals surface area contributed by atoms with Gasteiger partial charge in [0.1, 0.15) is 11.5 Å². The molecule has 2 rings (SSSR count). The van der Waals surface area contributed by atoms with E-state index in [4.69, 9.17) is 4.74 Å². The molecule has 0 amide bonds. The number of pyridine rings is 1. The molecular weight excluding hydrogens is 202 g/mol. The molecular formula is C13H19NO2. The predicted octanol–water partition coefficient (Wildman–Crippen LogP) is 3.00. The Morgan fingerprint density at radius 2 is 1.75 bits per heavy atom. The van der Waals surface area contributed by atoms with E-state index in [0.29, 0.717) is 18.6 Å². The minimum Gasteiger partial charge on any atom is -0.490 e. The molecule has 0 aromatic carbocycles. The SMILES string of the molecule is CC.O=C1CCC(Oc2ccncc2)CC1. The van der Waals surface area contributed by atoms with E-state index in [-0.39, 0.29) is 6.10 Å². The van der Waals surface area contributed by atoms with E-state index in [1.165, 1.54) is 0 Å². The van der Waals surface area contributed by atoms with Crippen LogP contribution >= 0.6 is 0 Å². The molecule has 3 heteroatoms. The van der Waals surface area contributed by atoms with Crippen molar-refractivity contribution in [3.05, 3.63) is 24.5 Å². The molecule has 0 aliphatic heterocycles. The molecule has 0 spiro atoms. The first kappa shape index (κ1) is 12.7. The van der Waals surface area contributed by atoms with Crippen LogP contribution in [-0.4, -0.2) is 16.9 Å². The van der Waals surface area contributed by atoms with Crippen LogP contribution in [0.15, 0.2) is 24.5 Å². The number of carbonyl (C=O) groups excluding carboxylic acids is 1. The number of hydrogen-bond acceptors (Lipinski definition) is 3. The Labute approximate surface area is 96.8 Å². The summed E-state index contributed by atoms with van der Waals surface area (Å²) in [6, 6.07) is 3.69. The molecule has 1 aliphatic carbocycles. The van der Waals surface area contributed by atoms with E-state index in [9.17, 15) is 4.79 Å². The maximum absolute atomic E-state index is 11.0. The van der Waals surface area contributed by atoms with Gasteiger partial charge in [0, 0.05) is 25.2 Å². The summed E-state index contributed by atoms with van der Waals surface area (Å²) in [5.41, 5.74) is 0. The fourth-order valence-corrected chi connectivity index (χ4v) is 1.64. The number of rotatable bonds is 2. The van der Waals surface area contributed by atoms with Crippen molar-refractivity contribution in [2.24, 2.45) is 0 Å². The van der Waals surface area contributed by atoms with Crippen molar-refractivity contribution < 1.29 is 9.53 Å².